The van der Waals surface area contributed by atoms with E-state index in [1.54, 1.807) is 23.6 Å². The van der Waals surface area contributed by atoms with Gasteiger partial charge in [-0.25, -0.2) is 9.97 Å². The molecule has 3 rings (SSSR count). The van der Waals surface area contributed by atoms with Crippen molar-refractivity contribution in [2.24, 2.45) is 11.5 Å². The molecular weight excluding hydrogens is 366 g/mol. The van der Waals surface area contributed by atoms with Crippen molar-refractivity contribution >= 4 is 32.9 Å². The molecule has 0 saturated carbocycles. The minimum Gasteiger partial charge on any atom is -0.405 e. The molecule has 3 aromatic rings. The van der Waals surface area contributed by atoms with Crippen LogP contribution >= 0.6 is 11.3 Å². The van der Waals surface area contributed by atoms with Crippen molar-refractivity contribution in [1.82, 2.24) is 9.97 Å². The van der Waals surface area contributed by atoms with Crippen LogP contribution in [0.1, 0.15) is 35.2 Å². The Labute approximate surface area is 170 Å². The number of benzene rings is 1. The molecule has 0 bridgehead atoms. The Morgan fingerprint density at radius 2 is 1.96 bits per heavy atom. The number of nitrogens with zero attached hydrogens (tertiary/aromatic N) is 2. The molecule has 6 heteroatoms. The fourth-order valence-corrected chi connectivity index (χ4v) is 3.99. The average molecular weight is 394 g/mol. The van der Waals surface area contributed by atoms with E-state index in [9.17, 15) is 0 Å². The van der Waals surface area contributed by atoms with E-state index in [-0.39, 0.29) is 0 Å². The zero-order valence-electron chi connectivity index (χ0n) is 16.4. The summed E-state index contributed by atoms with van der Waals surface area (Å²) in [7, 11) is 0. The first kappa shape index (κ1) is 19.9. The summed E-state index contributed by atoms with van der Waals surface area (Å²) in [6, 6.07) is 10.6. The number of hydrogen-bond acceptors (Lipinski definition) is 6. The second-order valence-electron chi connectivity index (χ2n) is 6.63. The number of fused-ring (bicyclic) bond motifs is 1. The first-order chi connectivity index (χ1) is 13.6. The third kappa shape index (κ3) is 4.70. The lowest BCUT2D eigenvalue weighted by molar-refractivity contribution is 0.855. The largest absolute Gasteiger partial charge is 0.405 e. The van der Waals surface area contributed by atoms with Crippen molar-refractivity contribution in [3.8, 4) is 0 Å². The molecule has 0 aliphatic heterocycles. The van der Waals surface area contributed by atoms with E-state index in [4.69, 9.17) is 11.5 Å². The molecule has 2 aromatic heterocycles. The van der Waals surface area contributed by atoms with Crippen LogP contribution in [-0.4, -0.2) is 16.5 Å². The van der Waals surface area contributed by atoms with E-state index in [1.165, 1.54) is 16.6 Å². The van der Waals surface area contributed by atoms with Crippen LogP contribution < -0.4 is 16.8 Å². The third-order valence-electron chi connectivity index (χ3n) is 4.56. The molecular formula is C22H27N5S. The Kier molecular flexibility index (Phi) is 6.66. The van der Waals surface area contributed by atoms with Gasteiger partial charge in [0.2, 0.25) is 0 Å². The van der Waals surface area contributed by atoms with Crippen LogP contribution in [0.5, 0.6) is 0 Å². The highest BCUT2D eigenvalue weighted by Crippen LogP contribution is 2.28. The summed E-state index contributed by atoms with van der Waals surface area (Å²) < 4.78 is 0. The van der Waals surface area contributed by atoms with E-state index < -0.39 is 0 Å². The molecule has 0 aliphatic rings. The van der Waals surface area contributed by atoms with Gasteiger partial charge < -0.3 is 16.8 Å². The molecule has 0 radical (unpaired) electrons. The Balaban J connectivity index is 1.60. The first-order valence-corrected chi connectivity index (χ1v) is 10.4. The van der Waals surface area contributed by atoms with Gasteiger partial charge in [-0.2, -0.15) is 0 Å². The maximum atomic E-state index is 5.66. The highest BCUT2D eigenvalue weighted by molar-refractivity contribution is 7.18. The number of nitrogens with one attached hydrogen (secondary N) is 1. The summed E-state index contributed by atoms with van der Waals surface area (Å²) in [6.45, 7) is 5.07. The zero-order valence-corrected chi connectivity index (χ0v) is 17.2. The van der Waals surface area contributed by atoms with Crippen molar-refractivity contribution in [3.63, 3.8) is 0 Å². The van der Waals surface area contributed by atoms with E-state index in [0.717, 1.165) is 58.8 Å². The summed E-state index contributed by atoms with van der Waals surface area (Å²) >= 11 is 1.72. The van der Waals surface area contributed by atoms with Crippen LogP contribution in [0.3, 0.4) is 0 Å². The van der Waals surface area contributed by atoms with Crippen LogP contribution in [0, 0.1) is 6.92 Å². The molecule has 2 heterocycles. The molecule has 0 fully saturated rings. The minimum atomic E-state index is 0.840. The van der Waals surface area contributed by atoms with Crippen molar-refractivity contribution in [3.05, 3.63) is 70.6 Å². The topological polar surface area (TPSA) is 89.8 Å². The predicted octanol–water partition coefficient (Wildman–Crippen LogP) is 4.38. The number of aryl methyl sites for hydroxylation is 3. The Morgan fingerprint density at radius 1 is 1.18 bits per heavy atom. The van der Waals surface area contributed by atoms with Gasteiger partial charge in [0.05, 0.1) is 5.39 Å². The number of rotatable bonds is 8. The standard InChI is InChI=1S/C22H27N5S/c1-3-20-26-21(19-13-15(2)28-22(19)27-20)25-12-4-5-16-6-8-17(9-7-16)18(14-24)10-11-23/h6-11,13-14H,3-5,12,23-24H2,1-2H3,(H,25,26,27)/b11-10-,18-14+. The van der Waals surface area contributed by atoms with Crippen LogP contribution in [0.2, 0.25) is 0 Å². The molecule has 5 nitrogen and oxygen atoms in total. The first-order valence-electron chi connectivity index (χ1n) is 9.55. The van der Waals surface area contributed by atoms with Crippen molar-refractivity contribution in [1.29, 1.82) is 0 Å². The van der Waals surface area contributed by atoms with Gasteiger partial charge in [-0.15, -0.1) is 11.3 Å². The molecule has 0 saturated heterocycles. The Hall–Kier alpha value is -2.86. The van der Waals surface area contributed by atoms with Crippen LogP contribution in [0.4, 0.5) is 5.82 Å². The SMILES string of the molecule is CCc1nc(NCCCc2ccc(C(/C=C\N)=C/N)cc2)c2cc(C)sc2n1. The summed E-state index contributed by atoms with van der Waals surface area (Å²) in [5.41, 5.74) is 14.4. The Bertz CT molecular complexity index is 986. The molecule has 1 aromatic carbocycles. The number of thiophene rings is 1. The molecule has 146 valence electrons. The maximum absolute atomic E-state index is 5.66. The number of allylic oxidation sites excluding steroid dienone is 2. The van der Waals surface area contributed by atoms with Crippen LogP contribution in [0.25, 0.3) is 15.8 Å². The lowest BCUT2D eigenvalue weighted by Gasteiger charge is -2.09. The fraction of sp³-hybridized carbons (Fsp3) is 0.273. The summed E-state index contributed by atoms with van der Waals surface area (Å²) in [5, 5.41) is 4.63. The predicted molar refractivity (Wildman–Crippen MR) is 120 cm³/mol. The van der Waals surface area contributed by atoms with Crippen molar-refractivity contribution < 1.29 is 0 Å². The molecule has 5 N–H and O–H groups in total. The number of hydrogen-bond donors (Lipinski definition) is 3. The smallest absolute Gasteiger partial charge is 0.138 e. The molecule has 0 unspecified atom stereocenters. The van der Waals surface area contributed by atoms with E-state index in [1.807, 2.05) is 0 Å². The number of anilines is 1. The van der Waals surface area contributed by atoms with Gasteiger partial charge in [-0.3, -0.25) is 0 Å². The molecule has 0 aliphatic carbocycles. The van der Waals surface area contributed by atoms with Gasteiger partial charge in [0.25, 0.3) is 0 Å². The van der Waals surface area contributed by atoms with Crippen LogP contribution in [-0.2, 0) is 12.8 Å². The van der Waals surface area contributed by atoms with Gasteiger partial charge in [0, 0.05) is 24.0 Å². The molecule has 0 atom stereocenters. The number of aromatic nitrogens is 2. The molecule has 0 amide bonds. The quantitative estimate of drug-likeness (QED) is 0.390. The van der Waals surface area contributed by atoms with Gasteiger partial charge in [0.1, 0.15) is 16.5 Å². The lowest BCUT2D eigenvalue weighted by Crippen LogP contribution is -2.07. The lowest BCUT2D eigenvalue weighted by atomic mass is 10.0. The Morgan fingerprint density at radius 3 is 2.64 bits per heavy atom. The highest BCUT2D eigenvalue weighted by Gasteiger charge is 2.09. The van der Waals surface area contributed by atoms with E-state index in [0.29, 0.717) is 0 Å². The molecule has 28 heavy (non-hydrogen) atoms. The average Bonchev–Trinajstić information content (AvgIpc) is 3.10. The summed E-state index contributed by atoms with van der Waals surface area (Å²) in [4.78, 5) is 11.6. The minimum absolute atomic E-state index is 0.840. The van der Waals surface area contributed by atoms with E-state index >= 15 is 0 Å². The normalized spacial score (nSPS) is 12.1. The summed E-state index contributed by atoms with van der Waals surface area (Å²) in [5.74, 6) is 1.84. The highest BCUT2D eigenvalue weighted by atomic mass is 32.1. The van der Waals surface area contributed by atoms with Gasteiger partial charge in [-0.1, -0.05) is 31.2 Å². The second-order valence-corrected chi connectivity index (χ2v) is 7.86. The van der Waals surface area contributed by atoms with Crippen molar-refractivity contribution in [2.75, 3.05) is 11.9 Å². The maximum Gasteiger partial charge on any atom is 0.138 e. The second kappa shape index (κ2) is 9.37. The van der Waals surface area contributed by atoms with Crippen LogP contribution in [0.15, 0.2) is 48.8 Å². The number of nitrogens with two attached hydrogens (primary N) is 2. The fourth-order valence-electron chi connectivity index (χ4n) is 3.09. The van der Waals surface area contributed by atoms with Gasteiger partial charge in [-0.05, 0) is 54.8 Å². The van der Waals surface area contributed by atoms with E-state index in [2.05, 4.69) is 59.5 Å². The van der Waals surface area contributed by atoms with Gasteiger partial charge >= 0.3 is 0 Å². The van der Waals surface area contributed by atoms with Gasteiger partial charge in [0.15, 0.2) is 0 Å². The monoisotopic (exact) mass is 393 g/mol. The third-order valence-corrected chi connectivity index (χ3v) is 5.50. The molecule has 0 spiro atoms. The van der Waals surface area contributed by atoms with Crippen molar-refractivity contribution in [2.45, 2.75) is 33.1 Å². The summed E-state index contributed by atoms with van der Waals surface area (Å²) in [6.07, 6.45) is 7.74. The zero-order chi connectivity index (χ0) is 19.9.